The Morgan fingerprint density at radius 2 is 2.20 bits per heavy atom. The maximum Gasteiger partial charge on any atom is 0.0297 e. The molecule has 1 aromatic rings. The minimum Gasteiger partial charge on any atom is -0.307 e. The molecule has 1 aliphatic rings. The number of rotatable bonds is 3. The van der Waals surface area contributed by atoms with Crippen molar-refractivity contribution in [3.63, 3.8) is 0 Å². The molecule has 0 aromatic heterocycles. The van der Waals surface area contributed by atoms with E-state index in [0.717, 1.165) is 0 Å². The Morgan fingerprint density at radius 3 is 2.87 bits per heavy atom. The third-order valence-electron chi connectivity index (χ3n) is 3.07. The predicted molar refractivity (Wildman–Crippen MR) is 68.5 cm³/mol. The molecule has 1 heterocycles. The van der Waals surface area contributed by atoms with Crippen molar-refractivity contribution in [3.8, 4) is 0 Å². The molecule has 0 saturated carbocycles. The number of nitrogens with one attached hydrogen (secondary N) is 1. The first kappa shape index (κ1) is 11.0. The number of aryl methyl sites for hydroxylation is 1. The Labute approximate surface area is 96.7 Å². The van der Waals surface area contributed by atoms with Crippen LogP contribution in [0.1, 0.15) is 30.5 Å². The van der Waals surface area contributed by atoms with Gasteiger partial charge in [-0.2, -0.15) is 11.8 Å². The van der Waals surface area contributed by atoms with Crippen LogP contribution in [0.2, 0.25) is 0 Å². The van der Waals surface area contributed by atoms with Crippen molar-refractivity contribution in [2.75, 3.05) is 11.5 Å². The summed E-state index contributed by atoms with van der Waals surface area (Å²) in [4.78, 5) is 0. The Morgan fingerprint density at radius 1 is 1.40 bits per heavy atom. The summed E-state index contributed by atoms with van der Waals surface area (Å²) in [6, 6.07) is 9.85. The van der Waals surface area contributed by atoms with Crippen molar-refractivity contribution in [2.45, 2.75) is 32.4 Å². The van der Waals surface area contributed by atoms with Crippen molar-refractivity contribution in [2.24, 2.45) is 0 Å². The lowest BCUT2D eigenvalue weighted by Gasteiger charge is -2.20. The first-order valence-corrected chi connectivity index (χ1v) is 6.82. The van der Waals surface area contributed by atoms with Crippen molar-refractivity contribution in [3.05, 3.63) is 35.4 Å². The highest BCUT2D eigenvalue weighted by Crippen LogP contribution is 2.22. The van der Waals surface area contributed by atoms with Crippen LogP contribution >= 0.6 is 11.8 Å². The normalized spacial score (nSPS) is 22.9. The minimum atomic E-state index is 0.481. The van der Waals surface area contributed by atoms with Gasteiger partial charge >= 0.3 is 0 Å². The van der Waals surface area contributed by atoms with E-state index in [1.54, 1.807) is 0 Å². The predicted octanol–water partition coefficient (Wildman–Crippen LogP) is 3.15. The zero-order chi connectivity index (χ0) is 10.7. The first-order valence-electron chi connectivity index (χ1n) is 5.66. The van der Waals surface area contributed by atoms with Crippen molar-refractivity contribution in [1.29, 1.82) is 0 Å². The second-order valence-corrected chi connectivity index (χ2v) is 5.46. The number of benzene rings is 1. The van der Waals surface area contributed by atoms with E-state index in [-0.39, 0.29) is 0 Å². The third-order valence-corrected chi connectivity index (χ3v) is 4.23. The summed E-state index contributed by atoms with van der Waals surface area (Å²) in [5, 5.41) is 3.72. The fourth-order valence-electron chi connectivity index (χ4n) is 2.18. The topological polar surface area (TPSA) is 12.0 Å². The number of hydrogen-bond acceptors (Lipinski definition) is 2. The molecule has 2 atom stereocenters. The van der Waals surface area contributed by atoms with Crippen LogP contribution in [0, 0.1) is 6.92 Å². The summed E-state index contributed by atoms with van der Waals surface area (Å²) >= 11 is 2.06. The van der Waals surface area contributed by atoms with Gasteiger partial charge in [-0.1, -0.05) is 24.3 Å². The summed E-state index contributed by atoms with van der Waals surface area (Å²) in [5.41, 5.74) is 2.83. The number of thioether (sulfide) groups is 1. The lowest BCUT2D eigenvalue weighted by molar-refractivity contribution is 0.485. The molecule has 2 rings (SSSR count). The molecule has 0 radical (unpaired) electrons. The Kier molecular flexibility index (Phi) is 3.71. The molecule has 0 spiro atoms. The molecule has 0 aliphatic carbocycles. The molecule has 1 nitrogen and oxygen atoms in total. The lowest BCUT2D eigenvalue weighted by atomic mass is 10.0. The molecule has 1 fully saturated rings. The molecular formula is C13H19NS. The molecular weight excluding hydrogens is 202 g/mol. The Hall–Kier alpha value is -0.470. The van der Waals surface area contributed by atoms with Crippen LogP contribution in [-0.4, -0.2) is 17.5 Å². The molecule has 2 heteroatoms. The summed E-state index contributed by atoms with van der Waals surface area (Å²) in [6.45, 7) is 4.46. The van der Waals surface area contributed by atoms with Gasteiger partial charge in [-0.15, -0.1) is 0 Å². The van der Waals surface area contributed by atoms with E-state index < -0.39 is 0 Å². The molecule has 1 N–H and O–H groups in total. The Balaban J connectivity index is 2.00. The van der Waals surface area contributed by atoms with Crippen molar-refractivity contribution < 1.29 is 0 Å². The van der Waals surface area contributed by atoms with E-state index in [9.17, 15) is 0 Å². The second kappa shape index (κ2) is 5.04. The monoisotopic (exact) mass is 221 g/mol. The lowest BCUT2D eigenvalue weighted by Crippen LogP contribution is -2.31. The van der Waals surface area contributed by atoms with Crippen LogP contribution in [0.15, 0.2) is 24.3 Å². The van der Waals surface area contributed by atoms with E-state index in [1.807, 2.05) is 0 Å². The van der Waals surface area contributed by atoms with Gasteiger partial charge in [0.2, 0.25) is 0 Å². The average molecular weight is 221 g/mol. The molecule has 1 aliphatic heterocycles. The van der Waals surface area contributed by atoms with Crippen LogP contribution in [0.5, 0.6) is 0 Å². The minimum absolute atomic E-state index is 0.481. The molecule has 1 aromatic carbocycles. The molecule has 1 unspecified atom stereocenters. The molecule has 0 amide bonds. The van der Waals surface area contributed by atoms with Gasteiger partial charge in [0.05, 0.1) is 0 Å². The van der Waals surface area contributed by atoms with E-state index in [4.69, 9.17) is 0 Å². The van der Waals surface area contributed by atoms with Crippen molar-refractivity contribution in [1.82, 2.24) is 5.32 Å². The highest BCUT2D eigenvalue weighted by Gasteiger charge is 2.18. The molecule has 82 valence electrons. The summed E-state index contributed by atoms with van der Waals surface area (Å²) in [6.07, 6.45) is 1.32. The summed E-state index contributed by atoms with van der Waals surface area (Å²) in [5.74, 6) is 2.59. The second-order valence-electron chi connectivity index (χ2n) is 4.31. The van der Waals surface area contributed by atoms with Gasteiger partial charge in [0.1, 0.15) is 0 Å². The average Bonchev–Trinajstić information content (AvgIpc) is 2.71. The van der Waals surface area contributed by atoms with E-state index in [1.165, 1.54) is 29.1 Å². The van der Waals surface area contributed by atoms with Crippen molar-refractivity contribution >= 4 is 11.8 Å². The van der Waals surface area contributed by atoms with Crippen LogP contribution in [0.25, 0.3) is 0 Å². The van der Waals surface area contributed by atoms with Gasteiger partial charge in [-0.3, -0.25) is 0 Å². The molecule has 0 bridgehead atoms. The van der Waals surface area contributed by atoms with E-state index in [0.29, 0.717) is 12.1 Å². The SMILES string of the molecule is Cc1ccccc1[C@@H](C)NC1CCSC1. The standard InChI is InChI=1S/C13H19NS/c1-10-5-3-4-6-13(10)11(2)14-12-7-8-15-9-12/h3-6,11-12,14H,7-9H2,1-2H3/t11-,12?/m1/s1. The van der Waals surface area contributed by atoms with Gasteiger partial charge in [0, 0.05) is 17.8 Å². The van der Waals surface area contributed by atoms with Crippen LogP contribution in [0.3, 0.4) is 0 Å². The highest BCUT2D eigenvalue weighted by molar-refractivity contribution is 7.99. The Bertz CT molecular complexity index is 318. The van der Waals surface area contributed by atoms with Gasteiger partial charge in [-0.25, -0.2) is 0 Å². The molecule has 1 saturated heterocycles. The highest BCUT2D eigenvalue weighted by atomic mass is 32.2. The van der Waals surface area contributed by atoms with E-state index in [2.05, 4.69) is 55.2 Å². The van der Waals surface area contributed by atoms with Gasteiger partial charge in [0.15, 0.2) is 0 Å². The third kappa shape index (κ3) is 2.76. The zero-order valence-corrected chi connectivity index (χ0v) is 10.3. The maximum absolute atomic E-state index is 3.72. The van der Waals surface area contributed by atoms with Gasteiger partial charge < -0.3 is 5.32 Å². The quantitative estimate of drug-likeness (QED) is 0.841. The van der Waals surface area contributed by atoms with Gasteiger partial charge in [0.25, 0.3) is 0 Å². The maximum atomic E-state index is 3.72. The van der Waals surface area contributed by atoms with E-state index >= 15 is 0 Å². The zero-order valence-electron chi connectivity index (χ0n) is 9.49. The van der Waals surface area contributed by atoms with Crippen LogP contribution in [-0.2, 0) is 0 Å². The first-order chi connectivity index (χ1) is 7.27. The smallest absolute Gasteiger partial charge is 0.0297 e. The molecule has 15 heavy (non-hydrogen) atoms. The fourth-order valence-corrected chi connectivity index (χ4v) is 3.35. The summed E-state index contributed by atoms with van der Waals surface area (Å²) < 4.78 is 0. The largest absolute Gasteiger partial charge is 0.307 e. The van der Waals surface area contributed by atoms with Gasteiger partial charge in [-0.05, 0) is 37.1 Å². The van der Waals surface area contributed by atoms with Crippen LogP contribution in [0.4, 0.5) is 0 Å². The number of hydrogen-bond donors (Lipinski definition) is 1. The van der Waals surface area contributed by atoms with Crippen LogP contribution < -0.4 is 5.32 Å². The fraction of sp³-hybridized carbons (Fsp3) is 0.538. The summed E-state index contributed by atoms with van der Waals surface area (Å²) in [7, 11) is 0.